The first-order valence-corrected chi connectivity index (χ1v) is 5.72. The van der Waals surface area contributed by atoms with Gasteiger partial charge in [-0.3, -0.25) is 0 Å². The van der Waals surface area contributed by atoms with Crippen LogP contribution < -0.4 is 0 Å². The Morgan fingerprint density at radius 1 is 1.29 bits per heavy atom. The minimum absolute atomic E-state index is 0.882. The van der Waals surface area contributed by atoms with E-state index in [1.807, 2.05) is 0 Å². The molecule has 104 valence electrons. The molecule has 0 aliphatic heterocycles. The fourth-order valence-corrected chi connectivity index (χ4v) is 1.22. The number of hydrogen-bond donors (Lipinski definition) is 0. The first kappa shape index (κ1) is 16.6. The number of halogens is 4. The van der Waals surface area contributed by atoms with Crippen LogP contribution in [-0.4, -0.2) is 44.2 Å². The number of methoxy groups -OCH3 is 1. The highest BCUT2D eigenvalue weighted by Crippen LogP contribution is 2.40. The third-order valence-electron chi connectivity index (χ3n) is 1.84. The molecule has 0 saturated carbocycles. The van der Waals surface area contributed by atoms with Gasteiger partial charge in [-0.05, 0) is 6.92 Å². The molecule has 0 fully saturated rings. The van der Waals surface area contributed by atoms with Crippen molar-refractivity contribution < 1.29 is 40.0 Å². The van der Waals surface area contributed by atoms with Crippen LogP contribution in [0.3, 0.4) is 0 Å². The monoisotopic (exact) mass is 283 g/mol. The van der Waals surface area contributed by atoms with E-state index < -0.39 is 40.6 Å². The zero-order valence-electron chi connectivity index (χ0n) is 8.95. The summed E-state index contributed by atoms with van der Waals surface area (Å²) >= 11 is 0. The Kier molecular flexibility index (Phi) is 5.32. The van der Waals surface area contributed by atoms with Gasteiger partial charge in [0.2, 0.25) is 0 Å². The van der Waals surface area contributed by atoms with Gasteiger partial charge in [0.05, 0.1) is 6.61 Å². The van der Waals surface area contributed by atoms with E-state index in [-0.39, 0.29) is 0 Å². The topological polar surface area (TPSA) is 75.7 Å². The largest absolute Gasteiger partial charge is 0.743 e. The van der Waals surface area contributed by atoms with Crippen LogP contribution >= 0.6 is 0 Å². The van der Waals surface area contributed by atoms with Crippen LogP contribution in [0, 0.1) is 0 Å². The van der Waals surface area contributed by atoms with Crippen molar-refractivity contribution in [3.8, 4) is 0 Å². The summed E-state index contributed by atoms with van der Waals surface area (Å²) in [6.45, 7) is 0.438. The van der Waals surface area contributed by atoms with E-state index in [1.54, 1.807) is 0 Å². The van der Waals surface area contributed by atoms with E-state index >= 15 is 0 Å². The van der Waals surface area contributed by atoms with Gasteiger partial charge >= 0.3 is 11.2 Å². The van der Waals surface area contributed by atoms with Crippen molar-refractivity contribution in [2.45, 2.75) is 30.8 Å². The molecular weight excluding hydrogens is 272 g/mol. The van der Waals surface area contributed by atoms with Gasteiger partial charge in [0, 0.05) is 13.5 Å². The lowest BCUT2D eigenvalue weighted by Gasteiger charge is -2.28. The lowest BCUT2D eigenvalue weighted by atomic mass is 10.2. The second-order valence-electron chi connectivity index (χ2n) is 3.10. The van der Waals surface area contributed by atoms with Crippen molar-refractivity contribution in [1.29, 1.82) is 0 Å². The summed E-state index contributed by atoms with van der Waals surface area (Å²) < 4.78 is 89.7. The molecule has 0 aromatic carbocycles. The summed E-state index contributed by atoms with van der Waals surface area (Å²) in [6, 6.07) is 0. The number of hydrogen-bond acceptors (Lipinski definition) is 5. The molecular formula is C7H11F4O5S-. The lowest BCUT2D eigenvalue weighted by molar-refractivity contribution is -0.185. The fraction of sp³-hybridized carbons (Fsp3) is 1.00. The Morgan fingerprint density at radius 2 is 1.76 bits per heavy atom. The van der Waals surface area contributed by atoms with Crippen molar-refractivity contribution in [2.24, 2.45) is 0 Å². The fourth-order valence-electron chi connectivity index (χ4n) is 0.750. The van der Waals surface area contributed by atoms with Gasteiger partial charge in [0.15, 0.2) is 16.4 Å². The summed E-state index contributed by atoms with van der Waals surface area (Å²) in [7, 11) is -5.24. The number of alkyl halides is 4. The molecule has 0 heterocycles. The van der Waals surface area contributed by atoms with Gasteiger partial charge in [-0.1, -0.05) is 0 Å². The van der Waals surface area contributed by atoms with E-state index in [4.69, 9.17) is 0 Å². The second kappa shape index (κ2) is 5.46. The van der Waals surface area contributed by atoms with Crippen molar-refractivity contribution in [3.63, 3.8) is 0 Å². The average molecular weight is 283 g/mol. The minimum Gasteiger partial charge on any atom is -0.743 e. The molecule has 0 amide bonds. The van der Waals surface area contributed by atoms with Crippen LogP contribution in [0.4, 0.5) is 17.6 Å². The summed E-state index contributed by atoms with van der Waals surface area (Å²) in [5.74, 6) is -5.00. The molecule has 17 heavy (non-hydrogen) atoms. The van der Waals surface area contributed by atoms with E-state index in [0.29, 0.717) is 0 Å². The van der Waals surface area contributed by atoms with Crippen LogP contribution in [-0.2, 0) is 19.6 Å². The Labute approximate surface area is 95.4 Å². The summed E-state index contributed by atoms with van der Waals surface area (Å²) in [5.41, 5.74) is 0. The van der Waals surface area contributed by atoms with Crippen molar-refractivity contribution in [2.75, 3.05) is 13.7 Å². The molecule has 0 bridgehead atoms. The molecule has 0 spiro atoms. The van der Waals surface area contributed by atoms with E-state index in [1.165, 1.54) is 14.0 Å². The third kappa shape index (κ3) is 4.05. The third-order valence-corrected chi connectivity index (χ3v) is 2.77. The van der Waals surface area contributed by atoms with E-state index in [9.17, 15) is 30.5 Å². The molecule has 0 aliphatic rings. The van der Waals surface area contributed by atoms with Crippen molar-refractivity contribution >= 4 is 10.1 Å². The molecule has 0 saturated heterocycles. The zero-order chi connectivity index (χ0) is 13.9. The molecule has 0 N–H and O–H groups in total. The highest BCUT2D eigenvalue weighted by Gasteiger charge is 2.61. The van der Waals surface area contributed by atoms with Gasteiger partial charge in [-0.2, -0.15) is 17.6 Å². The minimum atomic E-state index is -6.44. The Balaban J connectivity index is 4.59. The zero-order valence-corrected chi connectivity index (χ0v) is 9.77. The van der Waals surface area contributed by atoms with Crippen LogP contribution in [0.5, 0.6) is 0 Å². The first-order valence-electron chi connectivity index (χ1n) is 4.31. The summed E-state index contributed by atoms with van der Waals surface area (Å²) in [6.07, 6.45) is -2.53. The van der Waals surface area contributed by atoms with Gasteiger partial charge in [-0.25, -0.2) is 8.42 Å². The van der Waals surface area contributed by atoms with Crippen molar-refractivity contribution in [3.05, 3.63) is 0 Å². The van der Waals surface area contributed by atoms with Crippen LogP contribution in [0.2, 0.25) is 0 Å². The summed E-state index contributed by atoms with van der Waals surface area (Å²) in [4.78, 5) is 0. The molecule has 0 radical (unpaired) electrons. The molecule has 5 nitrogen and oxygen atoms in total. The highest BCUT2D eigenvalue weighted by molar-refractivity contribution is 7.86. The Bertz CT molecular complexity index is 342. The maximum atomic E-state index is 12.8. The van der Waals surface area contributed by atoms with Crippen molar-refractivity contribution in [1.82, 2.24) is 0 Å². The predicted octanol–water partition coefficient (Wildman–Crippen LogP) is 1.16. The smallest absolute Gasteiger partial charge is 0.396 e. The quantitative estimate of drug-likeness (QED) is 0.398. The molecule has 0 aromatic rings. The normalized spacial score (nSPS) is 15.9. The lowest BCUT2D eigenvalue weighted by Crippen LogP contribution is -2.47. The SMILES string of the molecule is COC(C)OCCC(F)(F)C(F)(F)S(=O)(=O)[O-]. The molecule has 0 aromatic heterocycles. The molecule has 1 unspecified atom stereocenters. The maximum absolute atomic E-state index is 12.8. The Morgan fingerprint density at radius 3 is 2.12 bits per heavy atom. The van der Waals surface area contributed by atoms with E-state index in [0.717, 1.165) is 0 Å². The van der Waals surface area contributed by atoms with Gasteiger partial charge in [0.1, 0.15) is 0 Å². The van der Waals surface area contributed by atoms with Crippen LogP contribution in [0.15, 0.2) is 0 Å². The molecule has 0 rings (SSSR count). The summed E-state index contributed by atoms with van der Waals surface area (Å²) in [5, 5.41) is -5.67. The molecule has 0 aliphatic carbocycles. The van der Waals surface area contributed by atoms with E-state index in [2.05, 4.69) is 9.47 Å². The first-order chi connectivity index (χ1) is 7.45. The number of rotatable bonds is 7. The van der Waals surface area contributed by atoms with Gasteiger partial charge < -0.3 is 14.0 Å². The maximum Gasteiger partial charge on any atom is 0.396 e. The standard InChI is InChI=1S/C7H12F4O5S/c1-5(15-2)16-4-3-6(8,9)7(10,11)17(12,13)14/h5H,3-4H2,1-2H3,(H,12,13,14)/p-1. The number of ether oxygens (including phenoxy) is 2. The van der Waals surface area contributed by atoms with Gasteiger partial charge in [-0.15, -0.1) is 0 Å². The average Bonchev–Trinajstić information content (AvgIpc) is 2.15. The molecule has 1 atom stereocenters. The van der Waals surface area contributed by atoms with Gasteiger partial charge in [0.25, 0.3) is 0 Å². The Hall–Kier alpha value is -0.450. The van der Waals surface area contributed by atoms with Crippen LogP contribution in [0.25, 0.3) is 0 Å². The molecule has 10 heteroatoms. The van der Waals surface area contributed by atoms with Crippen LogP contribution in [0.1, 0.15) is 13.3 Å². The second-order valence-corrected chi connectivity index (χ2v) is 4.52. The predicted molar refractivity (Wildman–Crippen MR) is 46.6 cm³/mol. The highest BCUT2D eigenvalue weighted by atomic mass is 32.2.